The van der Waals surface area contributed by atoms with Crippen LogP contribution in [-0.4, -0.2) is 32.5 Å². The average molecular weight is 542 g/mol. The molecule has 0 unspecified atom stereocenters. The largest absolute Gasteiger partial charge is 0.324 e. The molecule has 0 aliphatic carbocycles. The van der Waals surface area contributed by atoms with Gasteiger partial charge in [0, 0.05) is 22.0 Å². The van der Waals surface area contributed by atoms with E-state index < -0.39 is 22.0 Å². The predicted octanol–water partition coefficient (Wildman–Crippen LogP) is 5.99. The molecule has 0 saturated carbocycles. The Morgan fingerprint density at radius 1 is 0.919 bits per heavy atom. The molecule has 0 spiro atoms. The Hall–Kier alpha value is -3.36. The van der Waals surface area contributed by atoms with Crippen LogP contribution in [-0.2, 0) is 20.2 Å². The molecule has 0 heterocycles. The Bertz CT molecular complexity index is 1410. The average Bonchev–Trinajstić information content (AvgIpc) is 2.80. The van der Waals surface area contributed by atoms with Crippen LogP contribution in [0.5, 0.6) is 0 Å². The lowest BCUT2D eigenvalue weighted by Crippen LogP contribution is -2.45. The van der Waals surface area contributed by atoms with Gasteiger partial charge in [-0.1, -0.05) is 56.6 Å². The van der Waals surface area contributed by atoms with Crippen molar-refractivity contribution >= 4 is 50.5 Å². The first-order valence-corrected chi connectivity index (χ1v) is 14.0. The van der Waals surface area contributed by atoms with Gasteiger partial charge in [0.2, 0.25) is 15.9 Å². The Morgan fingerprint density at radius 2 is 1.51 bits per heavy atom. The molecule has 1 atom stereocenters. The molecular weight excluding hydrogens is 510 g/mol. The van der Waals surface area contributed by atoms with E-state index in [-0.39, 0.29) is 11.3 Å². The lowest BCUT2D eigenvalue weighted by Gasteiger charge is -2.29. The number of halogens is 1. The van der Waals surface area contributed by atoms with E-state index in [9.17, 15) is 18.0 Å². The molecular formula is C28H32ClN3O4S. The predicted molar refractivity (Wildman–Crippen MR) is 151 cm³/mol. The highest BCUT2D eigenvalue weighted by molar-refractivity contribution is 7.92. The van der Waals surface area contributed by atoms with Crippen LogP contribution in [0.2, 0.25) is 5.02 Å². The summed E-state index contributed by atoms with van der Waals surface area (Å²) in [6.07, 6.45) is 1.04. The van der Waals surface area contributed by atoms with Gasteiger partial charge in [0.25, 0.3) is 5.91 Å². The van der Waals surface area contributed by atoms with E-state index in [4.69, 9.17) is 11.6 Å². The van der Waals surface area contributed by atoms with Gasteiger partial charge in [-0.05, 0) is 72.9 Å². The number of nitrogens with one attached hydrogen (secondary N) is 2. The van der Waals surface area contributed by atoms with Crippen LogP contribution in [0.4, 0.5) is 17.1 Å². The van der Waals surface area contributed by atoms with E-state index in [1.165, 1.54) is 13.0 Å². The van der Waals surface area contributed by atoms with Crippen molar-refractivity contribution < 1.29 is 18.0 Å². The van der Waals surface area contributed by atoms with Gasteiger partial charge in [-0.15, -0.1) is 0 Å². The van der Waals surface area contributed by atoms with E-state index in [1.54, 1.807) is 55.5 Å². The first-order valence-electron chi connectivity index (χ1n) is 11.7. The minimum Gasteiger partial charge on any atom is -0.324 e. The van der Waals surface area contributed by atoms with Gasteiger partial charge in [0.1, 0.15) is 6.04 Å². The van der Waals surface area contributed by atoms with Crippen molar-refractivity contribution in [2.45, 2.75) is 46.1 Å². The molecule has 3 aromatic rings. The van der Waals surface area contributed by atoms with Crippen LogP contribution in [0.1, 0.15) is 49.2 Å². The number of hydrogen-bond acceptors (Lipinski definition) is 4. The highest BCUT2D eigenvalue weighted by Crippen LogP contribution is 2.29. The number of amides is 2. The lowest BCUT2D eigenvalue weighted by molar-refractivity contribution is -0.116. The lowest BCUT2D eigenvalue weighted by atomic mass is 9.87. The second-order valence-corrected chi connectivity index (χ2v) is 12.3. The molecule has 3 aromatic carbocycles. The molecule has 7 nitrogen and oxygen atoms in total. The Kier molecular flexibility index (Phi) is 8.35. The number of carbonyl (C=O) groups is 2. The molecule has 0 aliphatic rings. The zero-order valence-corrected chi connectivity index (χ0v) is 23.4. The fourth-order valence-electron chi connectivity index (χ4n) is 3.85. The second-order valence-electron chi connectivity index (χ2n) is 10.0. The first-order chi connectivity index (χ1) is 17.2. The number of benzene rings is 3. The fraction of sp³-hybridized carbons (Fsp3) is 0.286. The van der Waals surface area contributed by atoms with E-state index in [1.807, 2.05) is 12.1 Å². The topological polar surface area (TPSA) is 95.6 Å². The second kappa shape index (κ2) is 10.9. The summed E-state index contributed by atoms with van der Waals surface area (Å²) in [5.41, 5.74) is 3.51. The zero-order valence-electron chi connectivity index (χ0n) is 21.8. The third-order valence-electron chi connectivity index (χ3n) is 5.90. The van der Waals surface area contributed by atoms with Gasteiger partial charge in [-0.25, -0.2) is 8.42 Å². The molecule has 0 fully saturated rings. The quantitative estimate of drug-likeness (QED) is 0.384. The fourth-order valence-corrected chi connectivity index (χ4v) is 5.24. The van der Waals surface area contributed by atoms with E-state index >= 15 is 0 Å². The molecule has 0 aromatic heterocycles. The summed E-state index contributed by atoms with van der Waals surface area (Å²) in [5.74, 6) is -0.817. The smallest absolute Gasteiger partial charge is 0.255 e. The summed E-state index contributed by atoms with van der Waals surface area (Å²) < 4.78 is 26.3. The molecule has 0 saturated heterocycles. The highest BCUT2D eigenvalue weighted by Gasteiger charge is 2.30. The molecule has 9 heteroatoms. The monoisotopic (exact) mass is 541 g/mol. The number of hydrogen-bond donors (Lipinski definition) is 2. The first kappa shape index (κ1) is 28.2. The Morgan fingerprint density at radius 3 is 2.08 bits per heavy atom. The van der Waals surface area contributed by atoms with Gasteiger partial charge in [-0.2, -0.15) is 0 Å². The molecule has 2 amide bonds. The number of carbonyl (C=O) groups excluding carboxylic acids is 2. The van der Waals surface area contributed by atoms with E-state index in [0.717, 1.165) is 16.1 Å². The van der Waals surface area contributed by atoms with Gasteiger partial charge < -0.3 is 10.6 Å². The summed E-state index contributed by atoms with van der Waals surface area (Å²) in [5, 5.41) is 5.94. The number of sulfonamides is 1. The van der Waals surface area contributed by atoms with Crippen molar-refractivity contribution in [3.63, 3.8) is 0 Å². The minimum absolute atomic E-state index is 0.0170. The number of rotatable bonds is 7. The summed E-state index contributed by atoms with van der Waals surface area (Å²) >= 11 is 6.10. The molecule has 37 heavy (non-hydrogen) atoms. The van der Waals surface area contributed by atoms with Gasteiger partial charge in [-0.3, -0.25) is 13.9 Å². The highest BCUT2D eigenvalue weighted by atomic mass is 35.5. The number of anilines is 3. The maximum atomic E-state index is 13.1. The summed E-state index contributed by atoms with van der Waals surface area (Å²) in [6.45, 7) is 9.57. The van der Waals surface area contributed by atoms with E-state index in [0.29, 0.717) is 33.2 Å². The molecule has 3 rings (SSSR count). The van der Waals surface area contributed by atoms with Crippen molar-refractivity contribution in [1.82, 2.24) is 0 Å². The molecule has 0 radical (unpaired) electrons. The van der Waals surface area contributed by atoms with Crippen LogP contribution in [0, 0.1) is 6.92 Å². The summed E-state index contributed by atoms with van der Waals surface area (Å²) in [4.78, 5) is 25.9. The van der Waals surface area contributed by atoms with Crippen molar-refractivity contribution in [3.8, 4) is 0 Å². The van der Waals surface area contributed by atoms with Crippen molar-refractivity contribution in [2.24, 2.45) is 0 Å². The Balaban J connectivity index is 1.77. The van der Waals surface area contributed by atoms with Crippen LogP contribution < -0.4 is 14.9 Å². The third-order valence-corrected chi connectivity index (χ3v) is 7.36. The maximum absolute atomic E-state index is 13.1. The van der Waals surface area contributed by atoms with Crippen molar-refractivity contribution in [2.75, 3.05) is 21.2 Å². The zero-order chi connectivity index (χ0) is 27.5. The molecule has 2 N–H and O–H groups in total. The standard InChI is InChI=1S/C28H32ClN3O4S/c1-18-10-15-22(29)16-25(18)32(37(6,35)36)19(2)26(33)30-23-8-7-9-24(17-23)31-27(34)20-11-13-21(14-12-20)28(3,4)5/h7-17,19H,1-6H3,(H,30,33)(H,31,34)/t19-/m0/s1. The molecule has 196 valence electrons. The van der Waals surface area contributed by atoms with Crippen LogP contribution in [0.3, 0.4) is 0 Å². The molecule has 0 bridgehead atoms. The third kappa shape index (κ3) is 7.11. The van der Waals surface area contributed by atoms with Gasteiger partial charge in [0.15, 0.2) is 0 Å². The summed E-state index contributed by atoms with van der Waals surface area (Å²) in [7, 11) is -3.80. The Labute approximate surface area is 223 Å². The van der Waals surface area contributed by atoms with Gasteiger partial charge in [0.05, 0.1) is 11.9 Å². The van der Waals surface area contributed by atoms with Crippen molar-refractivity contribution in [1.29, 1.82) is 0 Å². The SMILES string of the molecule is Cc1ccc(Cl)cc1N([C@@H](C)C(=O)Nc1cccc(NC(=O)c2ccc(C(C)(C)C)cc2)c1)S(C)(=O)=O. The number of aryl methyl sites for hydroxylation is 1. The van der Waals surface area contributed by atoms with Crippen molar-refractivity contribution in [3.05, 3.63) is 88.4 Å². The minimum atomic E-state index is -3.80. The van der Waals surface area contributed by atoms with Gasteiger partial charge >= 0.3 is 0 Å². The summed E-state index contributed by atoms with van der Waals surface area (Å²) in [6, 6.07) is 17.9. The van der Waals surface area contributed by atoms with Crippen LogP contribution >= 0.6 is 11.6 Å². The van der Waals surface area contributed by atoms with E-state index in [2.05, 4.69) is 31.4 Å². The maximum Gasteiger partial charge on any atom is 0.255 e. The molecule has 0 aliphatic heterocycles. The van der Waals surface area contributed by atoms with Crippen LogP contribution in [0.15, 0.2) is 66.7 Å². The van der Waals surface area contributed by atoms with Crippen LogP contribution in [0.25, 0.3) is 0 Å². The number of nitrogens with zero attached hydrogens (tertiary/aromatic N) is 1. The normalized spacial score (nSPS) is 12.5.